The highest BCUT2D eigenvalue weighted by Gasteiger charge is 2.42. The molecule has 0 saturated carbocycles. The summed E-state index contributed by atoms with van der Waals surface area (Å²) in [6, 6.07) is 0. The van der Waals surface area contributed by atoms with Gasteiger partial charge < -0.3 is 30.8 Å². The van der Waals surface area contributed by atoms with E-state index >= 15 is 0 Å². The number of hydrogen-bond acceptors (Lipinski definition) is 12. The molecule has 31 heavy (non-hydrogen) atoms. The average molecular weight is 441 g/mol. The predicted octanol–water partition coefficient (Wildman–Crippen LogP) is -2.10. The van der Waals surface area contributed by atoms with E-state index in [9.17, 15) is 19.5 Å². The highest BCUT2D eigenvalue weighted by Crippen LogP contribution is 2.20. The highest BCUT2D eigenvalue weighted by atomic mass is 16.5. The van der Waals surface area contributed by atoms with Gasteiger partial charge in [-0.15, -0.1) is 0 Å². The molecule has 0 amide bonds. The normalized spacial score (nSPS) is 22.5. The SMILES string of the molecule is C=CC(=O)COCCN1C(N)N(CCOC(=O)C=C)C(O)N(CCOC(=O)C=C)C1N. The predicted molar refractivity (Wildman–Crippen MR) is 110 cm³/mol. The number of aliphatic hydroxyl groups excluding tert-OH is 1. The minimum absolute atomic E-state index is 0.0533. The van der Waals surface area contributed by atoms with Gasteiger partial charge in [0.05, 0.1) is 6.61 Å². The number of ether oxygens (including phenoxy) is 3. The van der Waals surface area contributed by atoms with Gasteiger partial charge in [-0.1, -0.05) is 19.7 Å². The number of rotatable bonds is 14. The molecule has 1 heterocycles. The van der Waals surface area contributed by atoms with Gasteiger partial charge in [0.1, 0.15) is 32.4 Å². The fourth-order valence-corrected chi connectivity index (χ4v) is 2.78. The first-order chi connectivity index (χ1) is 14.8. The van der Waals surface area contributed by atoms with Crippen LogP contribution in [0.4, 0.5) is 0 Å². The Morgan fingerprint density at radius 3 is 1.68 bits per heavy atom. The van der Waals surface area contributed by atoms with Gasteiger partial charge >= 0.3 is 11.9 Å². The molecule has 5 N–H and O–H groups in total. The van der Waals surface area contributed by atoms with Crippen molar-refractivity contribution in [3.63, 3.8) is 0 Å². The van der Waals surface area contributed by atoms with Crippen LogP contribution in [-0.2, 0) is 28.6 Å². The molecule has 0 bridgehead atoms. The van der Waals surface area contributed by atoms with Gasteiger partial charge in [0.15, 0.2) is 12.1 Å². The molecule has 1 aliphatic rings. The maximum atomic E-state index is 11.3. The van der Waals surface area contributed by atoms with Gasteiger partial charge in [-0.2, -0.15) is 0 Å². The molecule has 0 aromatic heterocycles. The lowest BCUT2D eigenvalue weighted by Gasteiger charge is -2.53. The summed E-state index contributed by atoms with van der Waals surface area (Å²) in [4.78, 5) is 38.4. The second kappa shape index (κ2) is 13.8. The fraction of sp³-hybridized carbons (Fsp3) is 0.526. The third-order valence-corrected chi connectivity index (χ3v) is 4.44. The van der Waals surface area contributed by atoms with Crippen molar-refractivity contribution in [2.24, 2.45) is 11.5 Å². The largest absolute Gasteiger partial charge is 0.461 e. The minimum Gasteiger partial charge on any atom is -0.461 e. The number of carbonyl (C=O) groups excluding carboxylic acids is 3. The average Bonchev–Trinajstić information content (AvgIpc) is 2.76. The van der Waals surface area contributed by atoms with Crippen LogP contribution >= 0.6 is 0 Å². The van der Waals surface area contributed by atoms with Gasteiger partial charge in [0.2, 0.25) is 0 Å². The van der Waals surface area contributed by atoms with E-state index < -0.39 is 30.9 Å². The van der Waals surface area contributed by atoms with Crippen molar-refractivity contribution in [3.8, 4) is 0 Å². The molecule has 1 rings (SSSR count). The van der Waals surface area contributed by atoms with Gasteiger partial charge in [-0.3, -0.25) is 4.79 Å². The minimum atomic E-state index is -1.24. The number of hydrogen-bond donors (Lipinski definition) is 3. The second-order valence-corrected chi connectivity index (χ2v) is 6.35. The third-order valence-electron chi connectivity index (χ3n) is 4.44. The Morgan fingerprint density at radius 2 is 1.26 bits per heavy atom. The molecule has 1 aliphatic heterocycles. The van der Waals surface area contributed by atoms with Crippen molar-refractivity contribution in [1.29, 1.82) is 0 Å². The van der Waals surface area contributed by atoms with E-state index in [1.54, 1.807) is 4.90 Å². The molecule has 0 aromatic rings. The van der Waals surface area contributed by atoms with Crippen molar-refractivity contribution in [3.05, 3.63) is 38.0 Å². The van der Waals surface area contributed by atoms with E-state index in [1.165, 1.54) is 9.80 Å². The molecule has 0 aromatic carbocycles. The Morgan fingerprint density at radius 1 is 0.806 bits per heavy atom. The number of aliphatic hydroxyl groups is 1. The molecule has 1 fully saturated rings. The zero-order chi connectivity index (χ0) is 23.4. The summed E-state index contributed by atoms with van der Waals surface area (Å²) in [7, 11) is 0. The van der Waals surface area contributed by atoms with Gasteiger partial charge in [-0.05, 0) is 6.08 Å². The molecule has 1 saturated heterocycles. The molecule has 0 aliphatic carbocycles. The summed E-state index contributed by atoms with van der Waals surface area (Å²) in [5.74, 6) is -1.48. The lowest BCUT2D eigenvalue weighted by molar-refractivity contribution is -0.249. The topological polar surface area (TPSA) is 161 Å². The Balaban J connectivity index is 2.83. The molecule has 12 nitrogen and oxygen atoms in total. The van der Waals surface area contributed by atoms with Crippen molar-refractivity contribution >= 4 is 17.7 Å². The van der Waals surface area contributed by atoms with E-state index in [-0.39, 0.29) is 51.8 Å². The van der Waals surface area contributed by atoms with Crippen LogP contribution in [-0.4, -0.2) is 103 Å². The third kappa shape index (κ3) is 8.30. The van der Waals surface area contributed by atoms with Crippen molar-refractivity contribution in [2.75, 3.05) is 46.1 Å². The highest BCUT2D eigenvalue weighted by molar-refractivity contribution is 5.90. The summed E-state index contributed by atoms with van der Waals surface area (Å²) in [5, 5.41) is 10.8. The Kier molecular flexibility index (Phi) is 11.8. The van der Waals surface area contributed by atoms with Crippen LogP contribution in [0.2, 0.25) is 0 Å². The summed E-state index contributed by atoms with van der Waals surface area (Å²) in [6.45, 7) is 10.3. The molecule has 0 spiro atoms. The first kappa shape index (κ1) is 26.6. The molecule has 2 unspecified atom stereocenters. The van der Waals surface area contributed by atoms with Crippen molar-refractivity contribution < 1.29 is 33.7 Å². The van der Waals surface area contributed by atoms with E-state index in [1.807, 2.05) is 0 Å². The van der Waals surface area contributed by atoms with Crippen LogP contribution in [0.15, 0.2) is 38.0 Å². The lowest BCUT2D eigenvalue weighted by Crippen LogP contribution is -2.76. The monoisotopic (exact) mass is 441 g/mol. The quantitative estimate of drug-likeness (QED) is 0.153. The number of nitrogens with zero attached hydrogens (tertiary/aromatic N) is 3. The Labute approximate surface area is 181 Å². The van der Waals surface area contributed by atoms with Crippen LogP contribution in [0.3, 0.4) is 0 Å². The molecule has 2 atom stereocenters. The first-order valence-electron chi connectivity index (χ1n) is 9.54. The Hall–Kier alpha value is -2.45. The standard InChI is InChI=1S/C19H31N5O7/c1-4-14(25)13-29-10-7-22-17(20)23(8-11-30-15(26)5-2)19(28)24(18(22)21)9-12-31-16(27)6-3/h4-6,17-19,28H,1-3,7-13,20-21H2. The smallest absolute Gasteiger partial charge is 0.330 e. The van der Waals surface area contributed by atoms with Crippen LogP contribution in [0.1, 0.15) is 0 Å². The summed E-state index contributed by atoms with van der Waals surface area (Å²) >= 11 is 0. The second-order valence-electron chi connectivity index (χ2n) is 6.35. The first-order valence-corrected chi connectivity index (χ1v) is 9.54. The van der Waals surface area contributed by atoms with Crippen molar-refractivity contribution in [1.82, 2.24) is 14.7 Å². The van der Waals surface area contributed by atoms with Gasteiger partial charge in [0, 0.05) is 31.8 Å². The summed E-state index contributed by atoms with van der Waals surface area (Å²) in [5.41, 5.74) is 12.5. The number of ketones is 1. The molecule has 12 heteroatoms. The molecule has 0 radical (unpaired) electrons. The van der Waals surface area contributed by atoms with E-state index in [0.717, 1.165) is 18.2 Å². The zero-order valence-electron chi connectivity index (χ0n) is 17.4. The Bertz CT molecular complexity index is 620. The van der Waals surface area contributed by atoms with E-state index in [2.05, 4.69) is 19.7 Å². The summed E-state index contributed by atoms with van der Waals surface area (Å²) < 4.78 is 15.2. The van der Waals surface area contributed by atoms with E-state index in [4.69, 9.17) is 25.7 Å². The number of esters is 2. The van der Waals surface area contributed by atoms with Crippen LogP contribution in [0.5, 0.6) is 0 Å². The van der Waals surface area contributed by atoms with Gasteiger partial charge in [0.25, 0.3) is 0 Å². The van der Waals surface area contributed by atoms with Crippen LogP contribution in [0.25, 0.3) is 0 Å². The molecular weight excluding hydrogens is 410 g/mol. The van der Waals surface area contributed by atoms with E-state index in [0.29, 0.717) is 0 Å². The maximum Gasteiger partial charge on any atom is 0.330 e. The van der Waals surface area contributed by atoms with Crippen LogP contribution < -0.4 is 11.5 Å². The number of nitrogens with two attached hydrogens (primary N) is 2. The molecule has 174 valence electrons. The summed E-state index contributed by atoms with van der Waals surface area (Å²) in [6.07, 6.45) is 0.270. The molecular formula is C19H31N5O7. The number of carbonyl (C=O) groups is 3. The zero-order valence-corrected chi connectivity index (χ0v) is 17.4. The van der Waals surface area contributed by atoms with Crippen molar-refractivity contribution in [2.45, 2.75) is 18.9 Å². The van der Waals surface area contributed by atoms with Crippen LogP contribution in [0, 0.1) is 0 Å². The lowest BCUT2D eigenvalue weighted by atomic mass is 10.3. The fourth-order valence-electron chi connectivity index (χ4n) is 2.78. The van der Waals surface area contributed by atoms with Gasteiger partial charge in [-0.25, -0.2) is 24.3 Å². The maximum absolute atomic E-state index is 11.3.